The van der Waals surface area contributed by atoms with Crippen LogP contribution in [0.1, 0.15) is 20.8 Å². The largest absolute Gasteiger partial charge is 0.353 e. The van der Waals surface area contributed by atoms with Crippen molar-refractivity contribution in [3.05, 3.63) is 0 Å². The third-order valence-electron chi connectivity index (χ3n) is 2.13. The van der Waals surface area contributed by atoms with Crippen LogP contribution in [0.5, 0.6) is 0 Å². The topological polar surface area (TPSA) is 38.5 Å². The van der Waals surface area contributed by atoms with Gasteiger partial charge in [0.1, 0.15) is 12.3 Å². The van der Waals surface area contributed by atoms with Gasteiger partial charge in [0.25, 0.3) is 0 Å². The van der Waals surface area contributed by atoms with Crippen molar-refractivity contribution in [1.82, 2.24) is 0 Å². The van der Waals surface area contributed by atoms with Crippen LogP contribution in [-0.4, -0.2) is 12.3 Å². The summed E-state index contributed by atoms with van der Waals surface area (Å²) in [5.74, 6) is 1.29. The molecule has 1 rings (SSSR count). The summed E-state index contributed by atoms with van der Waals surface area (Å²) in [6.45, 7) is 6.57. The lowest BCUT2D eigenvalue weighted by molar-refractivity contribution is 0.284. The Morgan fingerprint density at radius 2 is 1.78 bits per heavy atom. The molecule has 0 spiro atoms. The van der Waals surface area contributed by atoms with Gasteiger partial charge in [0, 0.05) is 0 Å². The molecule has 2 N–H and O–H groups in total. The zero-order valence-corrected chi connectivity index (χ0v) is 6.29. The molecule has 0 amide bonds. The summed E-state index contributed by atoms with van der Waals surface area (Å²) in [7, 11) is 0. The van der Waals surface area contributed by atoms with Crippen molar-refractivity contribution in [2.24, 2.45) is 17.6 Å². The molecule has 0 radical (unpaired) electrons. The minimum Gasteiger partial charge on any atom is -0.353 e. The number of hydrogen-bond donors (Lipinski definition) is 1. The fraction of sp³-hybridized carbons (Fsp3) is 1.00. The third-order valence-corrected chi connectivity index (χ3v) is 2.13. The Balaban J connectivity index is 2.27. The Morgan fingerprint density at radius 1 is 1.33 bits per heavy atom. The van der Waals surface area contributed by atoms with Crippen molar-refractivity contribution < 1.29 is 4.74 Å². The number of epoxide rings is 1. The normalized spacial score (nSPS) is 37.0. The molecule has 0 saturated carbocycles. The van der Waals surface area contributed by atoms with Crippen LogP contribution in [0.2, 0.25) is 0 Å². The first-order chi connectivity index (χ1) is 4.13. The van der Waals surface area contributed by atoms with Crippen LogP contribution >= 0.6 is 0 Å². The van der Waals surface area contributed by atoms with Gasteiger partial charge in [-0.25, -0.2) is 0 Å². The summed E-state index contributed by atoms with van der Waals surface area (Å²) >= 11 is 0. The first-order valence-corrected chi connectivity index (χ1v) is 3.54. The van der Waals surface area contributed by atoms with Crippen molar-refractivity contribution >= 4 is 0 Å². The number of hydrogen-bond acceptors (Lipinski definition) is 2. The molecule has 9 heavy (non-hydrogen) atoms. The average molecular weight is 129 g/mol. The zero-order chi connectivity index (χ0) is 7.02. The lowest BCUT2D eigenvalue weighted by Gasteiger charge is -2.10. The van der Waals surface area contributed by atoms with E-state index in [1.165, 1.54) is 0 Å². The summed E-state index contributed by atoms with van der Waals surface area (Å²) in [4.78, 5) is 0. The van der Waals surface area contributed by atoms with Gasteiger partial charge in [0.15, 0.2) is 0 Å². The van der Waals surface area contributed by atoms with Crippen LogP contribution in [0.25, 0.3) is 0 Å². The minimum atomic E-state index is 0.0300. The number of nitrogens with two attached hydrogens (primary N) is 1. The lowest BCUT2D eigenvalue weighted by atomic mass is 9.94. The first-order valence-electron chi connectivity index (χ1n) is 3.54. The van der Waals surface area contributed by atoms with Gasteiger partial charge in [-0.3, -0.25) is 0 Å². The Morgan fingerprint density at radius 3 is 1.89 bits per heavy atom. The first kappa shape index (κ1) is 7.03. The predicted octanol–water partition coefficient (Wildman–Crippen LogP) is 0.962. The molecule has 3 atom stereocenters. The second-order valence-electron chi connectivity index (χ2n) is 3.17. The highest BCUT2D eigenvalue weighted by Crippen LogP contribution is 2.29. The molecule has 2 nitrogen and oxygen atoms in total. The maximum absolute atomic E-state index is 5.48. The van der Waals surface area contributed by atoms with Crippen molar-refractivity contribution in [1.29, 1.82) is 0 Å². The second kappa shape index (κ2) is 2.27. The summed E-state index contributed by atoms with van der Waals surface area (Å²) in [5, 5.41) is 0. The van der Waals surface area contributed by atoms with E-state index in [0.29, 0.717) is 17.9 Å². The zero-order valence-electron chi connectivity index (χ0n) is 6.29. The van der Waals surface area contributed by atoms with Crippen molar-refractivity contribution in [2.75, 3.05) is 0 Å². The Labute approximate surface area is 56.4 Å². The Bertz CT molecular complexity index is 103. The molecule has 1 aliphatic rings. The van der Waals surface area contributed by atoms with Crippen molar-refractivity contribution in [3.63, 3.8) is 0 Å². The summed E-state index contributed by atoms with van der Waals surface area (Å²) < 4.78 is 5.12. The van der Waals surface area contributed by atoms with Crippen LogP contribution in [0.4, 0.5) is 0 Å². The van der Waals surface area contributed by atoms with Gasteiger partial charge >= 0.3 is 0 Å². The molecule has 0 aromatic carbocycles. The third kappa shape index (κ3) is 1.43. The van der Waals surface area contributed by atoms with Crippen molar-refractivity contribution in [2.45, 2.75) is 33.1 Å². The van der Waals surface area contributed by atoms with Gasteiger partial charge in [0.2, 0.25) is 0 Å². The Hall–Kier alpha value is -0.0800. The van der Waals surface area contributed by atoms with E-state index < -0.39 is 0 Å². The average Bonchev–Trinajstić information content (AvgIpc) is 2.44. The number of rotatable bonds is 2. The van der Waals surface area contributed by atoms with E-state index in [-0.39, 0.29) is 6.23 Å². The highest BCUT2D eigenvalue weighted by molar-refractivity contribution is 4.85. The van der Waals surface area contributed by atoms with Gasteiger partial charge in [-0.1, -0.05) is 20.8 Å². The van der Waals surface area contributed by atoms with Gasteiger partial charge in [0.05, 0.1) is 0 Å². The highest BCUT2D eigenvalue weighted by Gasteiger charge is 2.40. The van der Waals surface area contributed by atoms with Gasteiger partial charge in [-0.15, -0.1) is 0 Å². The van der Waals surface area contributed by atoms with E-state index in [1.54, 1.807) is 0 Å². The van der Waals surface area contributed by atoms with Crippen LogP contribution in [0, 0.1) is 11.8 Å². The molecule has 0 aromatic rings. The van der Waals surface area contributed by atoms with Crippen molar-refractivity contribution in [3.8, 4) is 0 Å². The fourth-order valence-electron chi connectivity index (χ4n) is 0.939. The van der Waals surface area contributed by atoms with E-state index in [0.717, 1.165) is 0 Å². The molecule has 2 heteroatoms. The monoisotopic (exact) mass is 129 g/mol. The molecule has 1 fully saturated rings. The molecular weight excluding hydrogens is 114 g/mol. The number of ether oxygens (including phenoxy) is 1. The van der Waals surface area contributed by atoms with E-state index in [4.69, 9.17) is 10.5 Å². The fourth-order valence-corrected chi connectivity index (χ4v) is 0.939. The SMILES string of the molecule is CC(C)C(C)C1OC1N. The molecule has 1 saturated heterocycles. The summed E-state index contributed by atoms with van der Waals surface area (Å²) in [6, 6.07) is 0. The molecule has 0 bridgehead atoms. The molecule has 0 aromatic heterocycles. The maximum atomic E-state index is 5.48. The van der Waals surface area contributed by atoms with Crippen LogP contribution in [0.3, 0.4) is 0 Å². The predicted molar refractivity (Wildman–Crippen MR) is 36.9 cm³/mol. The second-order valence-corrected chi connectivity index (χ2v) is 3.17. The molecular formula is C7H15NO. The molecule has 54 valence electrons. The maximum Gasteiger partial charge on any atom is 0.133 e. The van der Waals surface area contributed by atoms with E-state index in [1.807, 2.05) is 0 Å². The molecule has 1 aliphatic heterocycles. The van der Waals surface area contributed by atoms with Gasteiger partial charge < -0.3 is 10.5 Å². The molecule has 3 unspecified atom stereocenters. The summed E-state index contributed by atoms with van der Waals surface area (Å²) in [6.07, 6.45) is 0.368. The minimum absolute atomic E-state index is 0.0300. The van der Waals surface area contributed by atoms with E-state index in [2.05, 4.69) is 20.8 Å². The van der Waals surface area contributed by atoms with Crippen LogP contribution < -0.4 is 5.73 Å². The smallest absolute Gasteiger partial charge is 0.133 e. The Kier molecular flexibility index (Phi) is 1.78. The quantitative estimate of drug-likeness (QED) is 0.564. The van der Waals surface area contributed by atoms with Gasteiger partial charge in [-0.2, -0.15) is 0 Å². The molecule has 1 heterocycles. The highest BCUT2D eigenvalue weighted by atomic mass is 16.6. The van der Waals surface area contributed by atoms with Crippen LogP contribution in [-0.2, 0) is 4.74 Å². The molecule has 0 aliphatic carbocycles. The van der Waals surface area contributed by atoms with E-state index >= 15 is 0 Å². The van der Waals surface area contributed by atoms with E-state index in [9.17, 15) is 0 Å². The van der Waals surface area contributed by atoms with Gasteiger partial charge in [-0.05, 0) is 11.8 Å². The standard InChI is InChI=1S/C7H15NO/c1-4(2)5(3)6-7(8)9-6/h4-7H,8H2,1-3H3. The van der Waals surface area contributed by atoms with Crippen LogP contribution in [0.15, 0.2) is 0 Å². The lowest BCUT2D eigenvalue weighted by Crippen LogP contribution is -2.17. The summed E-state index contributed by atoms with van der Waals surface area (Å²) in [5.41, 5.74) is 5.48.